The van der Waals surface area contributed by atoms with Crippen LogP contribution in [0.3, 0.4) is 0 Å². The first-order chi connectivity index (χ1) is 41.2. The number of aliphatic hydroxyl groups excluding tert-OH is 18. The Kier molecular flexibility index (Phi) is 21.8. The van der Waals surface area contributed by atoms with Crippen molar-refractivity contribution in [1.29, 1.82) is 0 Å². The highest BCUT2D eigenvalue weighted by atomic mass is 16.8. The standard InChI is InChI=1S/C60H102O28/c1-23(24-15-16-58(6)32-12-10-25-26(60(32,8)33(65)17-59(24,58)7)11-14-34(56(25,2)3)86-53-49(78)44(73)39(68)30(21-64)84-53)9-13-35(57(4,5)79)87-55-51(45(74)40(69)31(85-55)22-80-52-48(77)43(72)38(67)29(20-63)83-52)88-54-47(76)41(70)36(27(18-61)82-54)50-46(75)42(71)37(66)28(19-62)81-50/h10,23-24,26-55,61-79H,9,11-22H2,1-8H3/t23-,24?,26?,27-,28-,29-,30-,31-,32?,33-,34+,35-,36-,37-,38-,39-,40-,41+,42+,43+,44+,45+,46-,47-,48-,49-,50?,51-,52+,53+,54+,55+,58+,59-,60+/m1/s1. The smallest absolute Gasteiger partial charge is 0.187 e. The van der Waals surface area contributed by atoms with Crippen LogP contribution in [0.5, 0.6) is 0 Å². The molecule has 4 unspecified atom stereocenters. The third kappa shape index (κ3) is 12.4. The van der Waals surface area contributed by atoms with Crippen molar-refractivity contribution in [3.8, 4) is 0 Å². The predicted molar refractivity (Wildman–Crippen MR) is 299 cm³/mol. The zero-order chi connectivity index (χ0) is 64.8. The summed E-state index contributed by atoms with van der Waals surface area (Å²) in [5.74, 6) is -1.49. The SMILES string of the molecule is C[C@H](CC[C@@H](O[C@@H]1O[C@H](CO[C@H]2O[C@H](CO)[C@@H](O)[C@H](O)[C@H]2O)[C@@H](O)[C@H](O)[C@H]1O[C@@H]1O[C@H](CO)[C@@H](C2O[C@H](CO)[C@@H](O)[C@H](O)[C@H]2O)[C@H](O)[C@H]1O)C(C)(C)O)C1CC[C@@]2(C)C3CC=C4C(CC[C@H](O[C@@H]5O[C@H](CO)[C@@H](O)[C@H](O)[C@H]5O)C4(C)C)[C@]3(C)[C@H](O)C[C@]12C. The molecule has 4 aliphatic carbocycles. The van der Waals surface area contributed by atoms with Crippen LogP contribution < -0.4 is 0 Å². The molecule has 0 bridgehead atoms. The van der Waals surface area contributed by atoms with Crippen LogP contribution in [-0.2, 0) is 42.6 Å². The van der Waals surface area contributed by atoms with E-state index in [0.717, 1.165) is 18.4 Å². The second-order valence-electron chi connectivity index (χ2n) is 28.8. The molecule has 0 amide bonds. The molecule has 9 rings (SSSR count). The maximum atomic E-state index is 12.8. The molecule has 3 saturated carbocycles. The molecule has 0 spiro atoms. The summed E-state index contributed by atoms with van der Waals surface area (Å²) in [6.07, 6.45) is -36.4. The van der Waals surface area contributed by atoms with Crippen molar-refractivity contribution >= 4 is 0 Å². The quantitative estimate of drug-likeness (QED) is 0.0538. The molecule has 19 N–H and O–H groups in total. The van der Waals surface area contributed by atoms with E-state index in [4.69, 9.17) is 42.6 Å². The number of rotatable bonds is 19. The van der Waals surface area contributed by atoms with Crippen LogP contribution in [0.1, 0.15) is 107 Å². The molecule has 8 fully saturated rings. The fraction of sp³-hybridized carbons (Fsp3) is 0.967. The van der Waals surface area contributed by atoms with Crippen LogP contribution >= 0.6 is 0 Å². The van der Waals surface area contributed by atoms with Crippen LogP contribution in [0, 0.1) is 51.2 Å². The van der Waals surface area contributed by atoms with Gasteiger partial charge in [-0.2, -0.15) is 0 Å². The molecule has 510 valence electrons. The molecule has 0 radical (unpaired) electrons. The van der Waals surface area contributed by atoms with E-state index in [9.17, 15) is 97.0 Å². The summed E-state index contributed by atoms with van der Waals surface area (Å²) in [5, 5.41) is 207. The Morgan fingerprint density at radius 3 is 1.65 bits per heavy atom. The average molecular weight is 1270 g/mol. The van der Waals surface area contributed by atoms with Gasteiger partial charge in [0.1, 0.15) is 104 Å². The van der Waals surface area contributed by atoms with Gasteiger partial charge in [0.15, 0.2) is 25.2 Å². The van der Waals surface area contributed by atoms with Gasteiger partial charge in [0.25, 0.3) is 0 Å². The number of ether oxygens (including phenoxy) is 9. The van der Waals surface area contributed by atoms with E-state index < -0.39 is 221 Å². The molecule has 9 aliphatic rings. The summed E-state index contributed by atoms with van der Waals surface area (Å²) in [7, 11) is 0. The average Bonchev–Trinajstić information content (AvgIpc) is 1.28. The van der Waals surface area contributed by atoms with Crippen molar-refractivity contribution in [3.05, 3.63) is 11.6 Å². The summed E-state index contributed by atoms with van der Waals surface area (Å²) < 4.78 is 54.2. The normalized spacial score (nSPS) is 52.2. The summed E-state index contributed by atoms with van der Waals surface area (Å²) >= 11 is 0. The number of allylic oxidation sites excluding steroid dienone is 1. The zero-order valence-electron chi connectivity index (χ0n) is 51.4. The van der Waals surface area contributed by atoms with Crippen molar-refractivity contribution < 1.29 is 140 Å². The van der Waals surface area contributed by atoms with Gasteiger partial charge >= 0.3 is 0 Å². The van der Waals surface area contributed by atoms with Gasteiger partial charge in [-0.15, -0.1) is 0 Å². The molecule has 28 nitrogen and oxygen atoms in total. The minimum atomic E-state index is -2.10. The van der Waals surface area contributed by atoms with Crippen LogP contribution in [0.2, 0.25) is 0 Å². The van der Waals surface area contributed by atoms with Gasteiger partial charge in [-0.3, -0.25) is 0 Å². The summed E-state index contributed by atoms with van der Waals surface area (Å²) in [4.78, 5) is 0. The molecule has 5 heterocycles. The van der Waals surface area contributed by atoms with Gasteiger partial charge in [0.2, 0.25) is 0 Å². The number of hydrogen-bond donors (Lipinski definition) is 19. The summed E-state index contributed by atoms with van der Waals surface area (Å²) in [6.45, 7) is 12.3. The lowest BCUT2D eigenvalue weighted by molar-refractivity contribution is -0.383. The largest absolute Gasteiger partial charge is 0.394 e. The second kappa shape index (κ2) is 27.0. The topological polar surface area (TPSA) is 467 Å². The zero-order valence-corrected chi connectivity index (χ0v) is 51.4. The van der Waals surface area contributed by atoms with E-state index in [1.54, 1.807) is 0 Å². The lowest BCUT2D eigenvalue weighted by Gasteiger charge is -2.67. The van der Waals surface area contributed by atoms with Crippen LogP contribution in [0.4, 0.5) is 0 Å². The lowest BCUT2D eigenvalue weighted by Crippen LogP contribution is -2.68. The van der Waals surface area contributed by atoms with Gasteiger partial charge in [-0.1, -0.05) is 53.2 Å². The molecule has 0 aromatic heterocycles. The Balaban J connectivity index is 0.927. The van der Waals surface area contributed by atoms with Crippen molar-refractivity contribution in [2.24, 2.45) is 51.2 Å². The molecule has 5 aliphatic heterocycles. The molecule has 88 heavy (non-hydrogen) atoms. The van der Waals surface area contributed by atoms with E-state index >= 15 is 0 Å². The first kappa shape index (κ1) is 70.9. The first-order valence-electron chi connectivity index (χ1n) is 31.4. The van der Waals surface area contributed by atoms with Crippen molar-refractivity contribution in [2.45, 2.75) is 278 Å². The summed E-state index contributed by atoms with van der Waals surface area (Å²) in [6, 6.07) is 0. The van der Waals surface area contributed by atoms with Crippen molar-refractivity contribution in [3.63, 3.8) is 0 Å². The molecule has 35 atom stereocenters. The number of aliphatic hydroxyl groups is 19. The van der Waals surface area contributed by atoms with Crippen LogP contribution in [0.15, 0.2) is 11.6 Å². The Bertz CT molecular complexity index is 2320. The van der Waals surface area contributed by atoms with Crippen molar-refractivity contribution in [1.82, 2.24) is 0 Å². The number of hydrogen-bond acceptors (Lipinski definition) is 28. The Morgan fingerprint density at radius 2 is 1.06 bits per heavy atom. The van der Waals surface area contributed by atoms with Gasteiger partial charge in [0, 0.05) is 16.7 Å². The Morgan fingerprint density at radius 1 is 0.545 bits per heavy atom. The lowest BCUT2D eigenvalue weighted by atomic mass is 9.38. The fourth-order valence-corrected chi connectivity index (χ4v) is 17.5. The third-order valence-corrected chi connectivity index (χ3v) is 23.2. The second-order valence-corrected chi connectivity index (χ2v) is 28.8. The van der Waals surface area contributed by atoms with Crippen LogP contribution in [-0.4, -0.2) is 301 Å². The van der Waals surface area contributed by atoms with E-state index in [1.165, 1.54) is 13.8 Å². The molecule has 0 aromatic rings. The molecular weight excluding hydrogens is 1170 g/mol. The Hall–Kier alpha value is -1.38. The minimum Gasteiger partial charge on any atom is -0.394 e. The van der Waals surface area contributed by atoms with Gasteiger partial charge in [0.05, 0.1) is 75.3 Å². The maximum Gasteiger partial charge on any atom is 0.187 e. The van der Waals surface area contributed by atoms with Gasteiger partial charge in [-0.05, 0) is 99.7 Å². The van der Waals surface area contributed by atoms with Crippen LogP contribution in [0.25, 0.3) is 0 Å². The van der Waals surface area contributed by atoms with E-state index in [2.05, 4.69) is 47.6 Å². The highest BCUT2D eigenvalue weighted by Gasteiger charge is 2.71. The summed E-state index contributed by atoms with van der Waals surface area (Å²) in [5.41, 5.74) is -2.32. The van der Waals surface area contributed by atoms with Crippen molar-refractivity contribution in [2.75, 3.05) is 33.0 Å². The Labute approximate surface area is 512 Å². The predicted octanol–water partition coefficient (Wildman–Crippen LogP) is -5.13. The number of fused-ring (bicyclic) bond motifs is 5. The monoisotopic (exact) mass is 1270 g/mol. The molecule has 28 heteroatoms. The van der Waals surface area contributed by atoms with E-state index in [1.807, 2.05) is 0 Å². The molecular formula is C60H102O28. The third-order valence-electron chi connectivity index (χ3n) is 23.2. The van der Waals surface area contributed by atoms with E-state index in [0.29, 0.717) is 32.1 Å². The molecule has 0 aromatic carbocycles. The molecule has 5 saturated heterocycles. The first-order valence-corrected chi connectivity index (χ1v) is 31.4. The van der Waals surface area contributed by atoms with Gasteiger partial charge < -0.3 is 140 Å². The maximum absolute atomic E-state index is 12.8. The van der Waals surface area contributed by atoms with E-state index in [-0.39, 0.29) is 40.9 Å². The highest BCUT2D eigenvalue weighted by Crippen LogP contribution is 2.75. The van der Waals surface area contributed by atoms with Gasteiger partial charge in [-0.25, -0.2) is 0 Å². The highest BCUT2D eigenvalue weighted by molar-refractivity contribution is 5.32. The minimum absolute atomic E-state index is 0.0238. The fourth-order valence-electron chi connectivity index (χ4n) is 17.5.